The second-order valence-corrected chi connectivity index (χ2v) is 6.70. The predicted octanol–water partition coefficient (Wildman–Crippen LogP) is 2.45. The van der Waals surface area contributed by atoms with Crippen molar-refractivity contribution in [2.45, 2.75) is 57.9 Å². The highest BCUT2D eigenvalue weighted by Crippen LogP contribution is 2.24. The summed E-state index contributed by atoms with van der Waals surface area (Å²) in [6.07, 6.45) is 9.32. The van der Waals surface area contributed by atoms with Crippen LogP contribution in [-0.2, 0) is 4.79 Å². The van der Waals surface area contributed by atoms with Crippen molar-refractivity contribution in [1.29, 1.82) is 0 Å². The van der Waals surface area contributed by atoms with Gasteiger partial charge in [-0.05, 0) is 38.5 Å². The van der Waals surface area contributed by atoms with Gasteiger partial charge < -0.3 is 10.2 Å². The molecule has 22 heavy (non-hydrogen) atoms. The molecular weight excluding hydrogens is 276 g/mol. The maximum atomic E-state index is 12.1. The molecule has 1 amide bonds. The number of nitrogens with one attached hydrogen (secondary N) is 1. The summed E-state index contributed by atoms with van der Waals surface area (Å²) in [5, 5.41) is 3.20. The Morgan fingerprint density at radius 3 is 2.64 bits per heavy atom. The fourth-order valence-corrected chi connectivity index (χ4v) is 3.60. The largest absolute Gasteiger partial charge is 0.356 e. The number of anilines is 1. The lowest BCUT2D eigenvalue weighted by atomic mass is 9.93. The van der Waals surface area contributed by atoms with E-state index in [1.807, 2.05) is 13.0 Å². The molecule has 0 spiro atoms. The molecule has 3 rings (SSSR count). The quantitative estimate of drug-likeness (QED) is 0.928. The third kappa shape index (κ3) is 3.96. The van der Waals surface area contributed by atoms with Crippen LogP contribution in [-0.4, -0.2) is 35.0 Å². The van der Waals surface area contributed by atoms with Crippen LogP contribution in [0.25, 0.3) is 0 Å². The first-order valence-electron chi connectivity index (χ1n) is 8.53. The fourth-order valence-electron chi connectivity index (χ4n) is 3.60. The highest BCUT2D eigenvalue weighted by Gasteiger charge is 2.24. The van der Waals surface area contributed by atoms with Crippen LogP contribution in [0, 0.1) is 12.8 Å². The molecule has 0 aromatic carbocycles. The molecule has 5 heteroatoms. The van der Waals surface area contributed by atoms with Gasteiger partial charge in [-0.2, -0.15) is 0 Å². The molecule has 2 fully saturated rings. The van der Waals surface area contributed by atoms with Crippen molar-refractivity contribution in [3.8, 4) is 0 Å². The molecule has 0 bridgehead atoms. The minimum absolute atomic E-state index is 0.253. The van der Waals surface area contributed by atoms with E-state index < -0.39 is 0 Å². The second kappa shape index (κ2) is 7.07. The normalized spacial score (nSPS) is 20.3. The molecule has 5 nitrogen and oxygen atoms in total. The Balaban J connectivity index is 1.44. The number of hydrogen-bond donors (Lipinski definition) is 1. The molecule has 1 saturated heterocycles. The summed E-state index contributed by atoms with van der Waals surface area (Å²) in [6.45, 7) is 3.96. The number of aryl methyl sites for hydroxylation is 1. The van der Waals surface area contributed by atoms with Crippen molar-refractivity contribution in [2.24, 2.45) is 5.92 Å². The summed E-state index contributed by atoms with van der Waals surface area (Å²) >= 11 is 0. The van der Waals surface area contributed by atoms with Crippen LogP contribution in [0.15, 0.2) is 12.4 Å². The van der Waals surface area contributed by atoms with E-state index in [1.165, 1.54) is 12.8 Å². The summed E-state index contributed by atoms with van der Waals surface area (Å²) in [4.78, 5) is 22.9. The van der Waals surface area contributed by atoms with Gasteiger partial charge in [-0.15, -0.1) is 0 Å². The molecule has 1 aliphatic heterocycles. The molecule has 0 radical (unpaired) electrons. The highest BCUT2D eigenvalue weighted by atomic mass is 16.1. The topological polar surface area (TPSA) is 58.1 Å². The zero-order chi connectivity index (χ0) is 15.4. The van der Waals surface area contributed by atoms with Gasteiger partial charge in [-0.25, -0.2) is 9.97 Å². The maximum absolute atomic E-state index is 12.1. The number of rotatable bonds is 4. The molecule has 0 atom stereocenters. The van der Waals surface area contributed by atoms with Gasteiger partial charge in [0.2, 0.25) is 5.91 Å². The van der Waals surface area contributed by atoms with Crippen LogP contribution in [0.1, 0.15) is 50.6 Å². The summed E-state index contributed by atoms with van der Waals surface area (Å²) < 4.78 is 0. The van der Waals surface area contributed by atoms with Crippen molar-refractivity contribution in [3.63, 3.8) is 0 Å². The number of carbonyl (C=O) groups is 1. The third-order valence-electron chi connectivity index (χ3n) is 4.92. The van der Waals surface area contributed by atoms with E-state index in [1.54, 1.807) is 6.33 Å². The van der Waals surface area contributed by atoms with Gasteiger partial charge in [0.15, 0.2) is 0 Å². The average molecular weight is 302 g/mol. The van der Waals surface area contributed by atoms with E-state index in [9.17, 15) is 4.79 Å². The summed E-state index contributed by atoms with van der Waals surface area (Å²) in [7, 11) is 0. The van der Waals surface area contributed by atoms with E-state index in [4.69, 9.17) is 0 Å². The van der Waals surface area contributed by atoms with Gasteiger partial charge in [0.1, 0.15) is 12.1 Å². The molecule has 1 N–H and O–H groups in total. The van der Waals surface area contributed by atoms with E-state index in [0.29, 0.717) is 18.4 Å². The fraction of sp³-hybridized carbons (Fsp3) is 0.706. The first-order valence-corrected chi connectivity index (χ1v) is 8.53. The van der Waals surface area contributed by atoms with Crippen molar-refractivity contribution < 1.29 is 4.79 Å². The summed E-state index contributed by atoms with van der Waals surface area (Å²) in [6, 6.07) is 2.48. The third-order valence-corrected chi connectivity index (χ3v) is 4.92. The van der Waals surface area contributed by atoms with Crippen molar-refractivity contribution >= 4 is 11.7 Å². The van der Waals surface area contributed by atoms with Gasteiger partial charge in [-0.1, -0.05) is 12.8 Å². The van der Waals surface area contributed by atoms with Crippen molar-refractivity contribution in [3.05, 3.63) is 18.1 Å². The zero-order valence-corrected chi connectivity index (χ0v) is 13.4. The average Bonchev–Trinajstić information content (AvgIpc) is 3.01. The van der Waals surface area contributed by atoms with Gasteiger partial charge in [0.05, 0.1) is 0 Å². The van der Waals surface area contributed by atoms with Gasteiger partial charge in [0, 0.05) is 37.3 Å². The number of carbonyl (C=O) groups excluding carboxylic acids is 1. The Labute approximate surface area is 132 Å². The molecule has 1 saturated carbocycles. The minimum Gasteiger partial charge on any atom is -0.356 e. The molecule has 120 valence electrons. The van der Waals surface area contributed by atoms with E-state index in [0.717, 1.165) is 50.3 Å². The highest BCUT2D eigenvalue weighted by molar-refractivity contribution is 5.76. The molecular formula is C17H26N4O. The van der Waals surface area contributed by atoms with E-state index >= 15 is 0 Å². The molecule has 0 unspecified atom stereocenters. The van der Waals surface area contributed by atoms with Crippen LogP contribution in [0.4, 0.5) is 5.82 Å². The van der Waals surface area contributed by atoms with Crippen molar-refractivity contribution in [1.82, 2.24) is 15.3 Å². The van der Waals surface area contributed by atoms with E-state index in [2.05, 4.69) is 20.2 Å². The van der Waals surface area contributed by atoms with Crippen LogP contribution >= 0.6 is 0 Å². The van der Waals surface area contributed by atoms with Crippen LogP contribution < -0.4 is 10.2 Å². The standard InChI is InChI=1S/C17H26N4O/c1-13-10-16(19-12-18-13)21-8-6-14(7-9-21)11-17(22)20-15-4-2-3-5-15/h10,12,14-15H,2-9,11H2,1H3,(H,20,22). The SMILES string of the molecule is Cc1cc(N2CCC(CC(=O)NC3CCCC3)CC2)ncn1. The number of piperidine rings is 1. The summed E-state index contributed by atoms with van der Waals surface area (Å²) in [5.74, 6) is 1.78. The Kier molecular flexibility index (Phi) is 4.90. The number of hydrogen-bond acceptors (Lipinski definition) is 4. The second-order valence-electron chi connectivity index (χ2n) is 6.70. The Hall–Kier alpha value is -1.65. The van der Waals surface area contributed by atoms with Crippen LogP contribution in [0.5, 0.6) is 0 Å². The zero-order valence-electron chi connectivity index (χ0n) is 13.4. The number of nitrogens with zero attached hydrogens (tertiary/aromatic N) is 3. The maximum Gasteiger partial charge on any atom is 0.220 e. The minimum atomic E-state index is 0.253. The monoisotopic (exact) mass is 302 g/mol. The van der Waals surface area contributed by atoms with Crippen LogP contribution in [0.3, 0.4) is 0 Å². The first-order chi connectivity index (χ1) is 10.7. The molecule has 1 aliphatic carbocycles. The smallest absolute Gasteiger partial charge is 0.220 e. The first kappa shape index (κ1) is 15.3. The Morgan fingerprint density at radius 1 is 1.23 bits per heavy atom. The van der Waals surface area contributed by atoms with Crippen molar-refractivity contribution in [2.75, 3.05) is 18.0 Å². The van der Waals surface area contributed by atoms with Gasteiger partial charge >= 0.3 is 0 Å². The number of amides is 1. The lowest BCUT2D eigenvalue weighted by Gasteiger charge is -2.32. The van der Waals surface area contributed by atoms with Gasteiger partial charge in [-0.3, -0.25) is 4.79 Å². The predicted molar refractivity (Wildman–Crippen MR) is 86.7 cm³/mol. The molecule has 2 aliphatic rings. The van der Waals surface area contributed by atoms with Crippen LogP contribution in [0.2, 0.25) is 0 Å². The molecule has 1 aromatic rings. The molecule has 1 aromatic heterocycles. The Bertz CT molecular complexity index is 505. The van der Waals surface area contributed by atoms with E-state index in [-0.39, 0.29) is 5.91 Å². The Morgan fingerprint density at radius 2 is 1.95 bits per heavy atom. The summed E-state index contributed by atoms with van der Waals surface area (Å²) in [5.41, 5.74) is 1.00. The lowest BCUT2D eigenvalue weighted by molar-refractivity contribution is -0.122. The molecule has 2 heterocycles. The number of aromatic nitrogens is 2. The lowest BCUT2D eigenvalue weighted by Crippen LogP contribution is -2.38. The van der Waals surface area contributed by atoms with Gasteiger partial charge in [0.25, 0.3) is 0 Å².